The fraction of sp³-hybridized carbons (Fsp3) is 0.412. The summed E-state index contributed by atoms with van der Waals surface area (Å²) >= 11 is 0. The van der Waals surface area contributed by atoms with Crippen LogP contribution < -0.4 is 4.74 Å². The van der Waals surface area contributed by atoms with Crippen LogP contribution >= 0.6 is 0 Å². The molecule has 0 saturated carbocycles. The third-order valence-corrected chi connectivity index (χ3v) is 3.05. The largest absolute Gasteiger partial charge is 0.496 e. The normalized spacial score (nSPS) is 10.6. The number of carbonyl (C=O) groups is 2. The van der Waals surface area contributed by atoms with Gasteiger partial charge in [-0.1, -0.05) is 26.0 Å². The second kappa shape index (κ2) is 8.95. The van der Waals surface area contributed by atoms with Crippen LogP contribution in [-0.2, 0) is 4.79 Å². The maximum Gasteiger partial charge on any atom is 0.246 e. The van der Waals surface area contributed by atoms with Gasteiger partial charge in [-0.15, -0.1) is 0 Å². The Balaban J connectivity index is 2.78. The van der Waals surface area contributed by atoms with E-state index in [4.69, 9.17) is 4.74 Å². The van der Waals surface area contributed by atoms with Crippen molar-refractivity contribution >= 4 is 11.7 Å². The molecule has 0 aromatic heterocycles. The van der Waals surface area contributed by atoms with E-state index in [1.807, 2.05) is 13.8 Å². The first kappa shape index (κ1) is 17.0. The Hall–Kier alpha value is -2.10. The van der Waals surface area contributed by atoms with Crippen LogP contribution in [0.4, 0.5) is 0 Å². The van der Waals surface area contributed by atoms with Gasteiger partial charge in [0.15, 0.2) is 5.78 Å². The highest BCUT2D eigenvalue weighted by molar-refractivity contribution is 6.09. The Morgan fingerprint density at radius 2 is 1.71 bits per heavy atom. The molecule has 0 aliphatic heterocycles. The molecule has 0 heterocycles. The molecule has 114 valence electrons. The molecular formula is C17H23NO3. The minimum Gasteiger partial charge on any atom is -0.496 e. The number of para-hydroxylation sites is 1. The summed E-state index contributed by atoms with van der Waals surface area (Å²) in [6.07, 6.45) is 4.47. The van der Waals surface area contributed by atoms with Crippen LogP contribution in [0, 0.1) is 0 Å². The lowest BCUT2D eigenvalue weighted by Gasteiger charge is -2.19. The van der Waals surface area contributed by atoms with Gasteiger partial charge in [0.2, 0.25) is 5.91 Å². The van der Waals surface area contributed by atoms with Crippen molar-refractivity contribution in [1.29, 1.82) is 0 Å². The lowest BCUT2D eigenvalue weighted by atomic mass is 10.1. The Morgan fingerprint density at radius 1 is 1.10 bits per heavy atom. The molecule has 0 fully saturated rings. The van der Waals surface area contributed by atoms with Gasteiger partial charge in [-0.2, -0.15) is 0 Å². The topological polar surface area (TPSA) is 46.6 Å². The molecule has 4 nitrogen and oxygen atoms in total. The summed E-state index contributed by atoms with van der Waals surface area (Å²) in [6, 6.07) is 6.98. The fourth-order valence-corrected chi connectivity index (χ4v) is 2.06. The lowest BCUT2D eigenvalue weighted by Crippen LogP contribution is -2.31. The van der Waals surface area contributed by atoms with E-state index in [0.29, 0.717) is 24.4 Å². The predicted molar refractivity (Wildman–Crippen MR) is 83.6 cm³/mol. The van der Waals surface area contributed by atoms with E-state index in [-0.39, 0.29) is 11.7 Å². The van der Waals surface area contributed by atoms with E-state index in [0.717, 1.165) is 12.8 Å². The van der Waals surface area contributed by atoms with Crippen molar-refractivity contribution in [2.24, 2.45) is 0 Å². The molecule has 0 aliphatic carbocycles. The molecule has 1 amide bonds. The molecule has 4 heteroatoms. The maximum absolute atomic E-state index is 12.1. The standard InChI is InChI=1S/C17H23NO3/c1-4-12-18(13-5-2)17(20)11-10-15(19)14-8-6-7-9-16(14)21-3/h6-11H,4-5,12-13H2,1-3H3/b11-10+. The highest BCUT2D eigenvalue weighted by atomic mass is 16.5. The number of hydrogen-bond acceptors (Lipinski definition) is 3. The predicted octanol–water partition coefficient (Wildman–Crippen LogP) is 3.08. The van der Waals surface area contributed by atoms with Crippen molar-refractivity contribution in [3.05, 3.63) is 42.0 Å². The van der Waals surface area contributed by atoms with Crippen molar-refractivity contribution in [3.8, 4) is 5.75 Å². The van der Waals surface area contributed by atoms with Crippen molar-refractivity contribution in [2.45, 2.75) is 26.7 Å². The second-order valence-corrected chi connectivity index (χ2v) is 4.72. The molecule has 0 bridgehead atoms. The number of methoxy groups -OCH3 is 1. The number of rotatable bonds is 8. The lowest BCUT2D eigenvalue weighted by molar-refractivity contribution is -0.126. The van der Waals surface area contributed by atoms with Crippen LogP contribution in [0.2, 0.25) is 0 Å². The third-order valence-electron chi connectivity index (χ3n) is 3.05. The second-order valence-electron chi connectivity index (χ2n) is 4.72. The molecule has 0 N–H and O–H groups in total. The first-order valence-corrected chi connectivity index (χ1v) is 7.28. The van der Waals surface area contributed by atoms with Crippen molar-refractivity contribution < 1.29 is 14.3 Å². The zero-order valence-electron chi connectivity index (χ0n) is 13.0. The van der Waals surface area contributed by atoms with E-state index in [1.165, 1.54) is 19.3 Å². The van der Waals surface area contributed by atoms with E-state index in [2.05, 4.69) is 0 Å². The zero-order valence-corrected chi connectivity index (χ0v) is 13.0. The van der Waals surface area contributed by atoms with Gasteiger partial charge in [0.1, 0.15) is 5.75 Å². The van der Waals surface area contributed by atoms with E-state index < -0.39 is 0 Å². The van der Waals surface area contributed by atoms with Gasteiger partial charge in [0.05, 0.1) is 12.7 Å². The number of ketones is 1. The SMILES string of the molecule is CCCN(CCC)C(=O)/C=C/C(=O)c1ccccc1OC. The number of ether oxygens (including phenoxy) is 1. The van der Waals surface area contributed by atoms with Gasteiger partial charge in [-0.05, 0) is 31.1 Å². The van der Waals surface area contributed by atoms with E-state index in [9.17, 15) is 9.59 Å². The molecule has 0 aliphatic rings. The van der Waals surface area contributed by atoms with Gasteiger partial charge < -0.3 is 9.64 Å². The van der Waals surface area contributed by atoms with E-state index in [1.54, 1.807) is 29.2 Å². The Morgan fingerprint density at radius 3 is 2.29 bits per heavy atom. The highest BCUT2D eigenvalue weighted by Crippen LogP contribution is 2.18. The summed E-state index contributed by atoms with van der Waals surface area (Å²) < 4.78 is 5.15. The molecule has 1 rings (SSSR count). The number of benzene rings is 1. The van der Waals surface area contributed by atoms with Gasteiger partial charge in [-0.3, -0.25) is 9.59 Å². The first-order chi connectivity index (χ1) is 10.1. The summed E-state index contributed by atoms with van der Waals surface area (Å²) in [7, 11) is 1.52. The van der Waals surface area contributed by atoms with Crippen LogP contribution in [0.25, 0.3) is 0 Å². The summed E-state index contributed by atoms with van der Waals surface area (Å²) in [5.41, 5.74) is 0.460. The summed E-state index contributed by atoms with van der Waals surface area (Å²) in [4.78, 5) is 26.0. The molecular weight excluding hydrogens is 266 g/mol. The average molecular weight is 289 g/mol. The van der Waals surface area contributed by atoms with E-state index >= 15 is 0 Å². The molecule has 0 unspecified atom stereocenters. The fourth-order valence-electron chi connectivity index (χ4n) is 2.06. The number of hydrogen-bond donors (Lipinski definition) is 0. The number of allylic oxidation sites excluding steroid dienone is 1. The van der Waals surface area contributed by atoms with Crippen molar-refractivity contribution in [3.63, 3.8) is 0 Å². The Bertz CT molecular complexity index is 503. The van der Waals surface area contributed by atoms with Crippen LogP contribution in [-0.4, -0.2) is 36.8 Å². The summed E-state index contributed by atoms with van der Waals surface area (Å²) in [5, 5.41) is 0. The van der Waals surface area contributed by atoms with Gasteiger partial charge >= 0.3 is 0 Å². The molecule has 1 aromatic carbocycles. The minimum atomic E-state index is -0.228. The summed E-state index contributed by atoms with van der Waals surface area (Å²) in [5.74, 6) is 0.161. The number of amides is 1. The van der Waals surface area contributed by atoms with Gasteiger partial charge in [-0.25, -0.2) is 0 Å². The van der Waals surface area contributed by atoms with Crippen LogP contribution in [0.5, 0.6) is 5.75 Å². The Kier molecular flexibility index (Phi) is 7.23. The Labute approximate surface area is 126 Å². The van der Waals surface area contributed by atoms with Crippen LogP contribution in [0.15, 0.2) is 36.4 Å². The highest BCUT2D eigenvalue weighted by Gasteiger charge is 2.11. The third kappa shape index (κ3) is 5.06. The minimum absolute atomic E-state index is 0.123. The van der Waals surface area contributed by atoms with Crippen molar-refractivity contribution in [1.82, 2.24) is 4.90 Å². The number of carbonyl (C=O) groups excluding carboxylic acids is 2. The van der Waals surface area contributed by atoms with Crippen LogP contribution in [0.1, 0.15) is 37.0 Å². The van der Waals surface area contributed by atoms with Crippen LogP contribution in [0.3, 0.4) is 0 Å². The van der Waals surface area contributed by atoms with Gasteiger partial charge in [0.25, 0.3) is 0 Å². The first-order valence-electron chi connectivity index (χ1n) is 7.28. The molecule has 1 aromatic rings. The zero-order chi connectivity index (χ0) is 15.7. The maximum atomic E-state index is 12.1. The van der Waals surface area contributed by atoms with Gasteiger partial charge in [0, 0.05) is 19.2 Å². The quantitative estimate of drug-likeness (QED) is 0.546. The average Bonchev–Trinajstić information content (AvgIpc) is 2.52. The number of nitrogens with zero attached hydrogens (tertiary/aromatic N) is 1. The molecule has 0 spiro atoms. The monoisotopic (exact) mass is 289 g/mol. The molecule has 0 saturated heterocycles. The van der Waals surface area contributed by atoms with Crippen molar-refractivity contribution in [2.75, 3.05) is 20.2 Å². The molecule has 21 heavy (non-hydrogen) atoms. The molecule has 0 atom stereocenters. The molecule has 0 radical (unpaired) electrons. The summed E-state index contributed by atoms with van der Waals surface area (Å²) in [6.45, 7) is 5.47. The smallest absolute Gasteiger partial charge is 0.246 e.